The summed E-state index contributed by atoms with van der Waals surface area (Å²) in [6.07, 6.45) is 6.50. The van der Waals surface area contributed by atoms with Crippen molar-refractivity contribution in [1.82, 2.24) is 4.90 Å². The van der Waals surface area contributed by atoms with E-state index in [2.05, 4.69) is 11.8 Å². The Labute approximate surface area is 128 Å². The lowest BCUT2D eigenvalue weighted by Gasteiger charge is -2.32. The number of hydrogen-bond acceptors (Lipinski definition) is 2. The maximum atomic E-state index is 12.8. The lowest BCUT2D eigenvalue weighted by Crippen LogP contribution is -2.37. The second-order valence-electron chi connectivity index (χ2n) is 6.16. The summed E-state index contributed by atoms with van der Waals surface area (Å²) in [7, 11) is 0. The highest BCUT2D eigenvalue weighted by Gasteiger charge is 2.19. The molecule has 118 valence electrons. The lowest BCUT2D eigenvalue weighted by molar-refractivity contribution is 0.0512. The van der Waals surface area contributed by atoms with Crippen LogP contribution in [0.25, 0.3) is 0 Å². The molecule has 0 aliphatic carbocycles. The van der Waals surface area contributed by atoms with Crippen LogP contribution in [-0.2, 0) is 11.3 Å². The second kappa shape index (κ2) is 9.16. The Morgan fingerprint density at radius 2 is 2.05 bits per heavy atom. The van der Waals surface area contributed by atoms with Crippen molar-refractivity contribution in [2.24, 2.45) is 5.92 Å². The Balaban J connectivity index is 1.64. The highest BCUT2D eigenvalue weighted by molar-refractivity contribution is 5.14. The maximum absolute atomic E-state index is 12.8. The van der Waals surface area contributed by atoms with Crippen LogP contribution >= 0.6 is 0 Å². The van der Waals surface area contributed by atoms with Gasteiger partial charge >= 0.3 is 0 Å². The van der Waals surface area contributed by atoms with Gasteiger partial charge in [0.2, 0.25) is 0 Å². The first-order valence-electron chi connectivity index (χ1n) is 8.32. The summed E-state index contributed by atoms with van der Waals surface area (Å²) >= 11 is 0. The molecule has 1 heterocycles. The minimum atomic E-state index is -0.186. The topological polar surface area (TPSA) is 12.5 Å². The highest BCUT2D eigenvalue weighted by Crippen LogP contribution is 2.18. The predicted molar refractivity (Wildman–Crippen MR) is 84.7 cm³/mol. The smallest absolute Gasteiger partial charge is 0.123 e. The number of piperidine rings is 1. The van der Waals surface area contributed by atoms with Crippen LogP contribution in [0.15, 0.2) is 24.3 Å². The fraction of sp³-hybridized carbons (Fsp3) is 0.667. The van der Waals surface area contributed by atoms with Crippen LogP contribution in [0.2, 0.25) is 0 Å². The normalized spacial score (nSPS) is 19.8. The van der Waals surface area contributed by atoms with Gasteiger partial charge in [-0.15, -0.1) is 0 Å². The molecule has 0 radical (unpaired) electrons. The van der Waals surface area contributed by atoms with Crippen molar-refractivity contribution in [2.75, 3.05) is 26.2 Å². The monoisotopic (exact) mass is 293 g/mol. The third-order valence-electron chi connectivity index (χ3n) is 4.22. The molecule has 1 unspecified atom stereocenters. The summed E-state index contributed by atoms with van der Waals surface area (Å²) in [6.45, 7) is 7.32. The van der Waals surface area contributed by atoms with Gasteiger partial charge in [-0.1, -0.05) is 31.9 Å². The summed E-state index contributed by atoms with van der Waals surface area (Å²) in [5.41, 5.74) is 1.05. The summed E-state index contributed by atoms with van der Waals surface area (Å²) in [6, 6.07) is 6.59. The third-order valence-corrected chi connectivity index (χ3v) is 4.22. The van der Waals surface area contributed by atoms with Crippen LogP contribution < -0.4 is 0 Å². The van der Waals surface area contributed by atoms with Gasteiger partial charge in [0.1, 0.15) is 5.82 Å². The zero-order valence-corrected chi connectivity index (χ0v) is 13.2. The average Bonchev–Trinajstić information content (AvgIpc) is 2.50. The quantitative estimate of drug-likeness (QED) is 0.665. The third kappa shape index (κ3) is 6.15. The minimum absolute atomic E-state index is 0.186. The first-order valence-corrected chi connectivity index (χ1v) is 8.32. The largest absolute Gasteiger partial charge is 0.376 e. The fourth-order valence-electron chi connectivity index (χ4n) is 3.00. The van der Waals surface area contributed by atoms with E-state index >= 15 is 0 Å². The molecule has 1 atom stereocenters. The van der Waals surface area contributed by atoms with Crippen molar-refractivity contribution >= 4 is 0 Å². The molecule has 1 fully saturated rings. The molecule has 0 amide bonds. The Kier molecular flexibility index (Phi) is 7.17. The molecule has 1 saturated heterocycles. The number of hydrogen-bond donors (Lipinski definition) is 0. The van der Waals surface area contributed by atoms with Crippen molar-refractivity contribution in [3.05, 3.63) is 35.6 Å². The molecule has 1 aromatic carbocycles. The van der Waals surface area contributed by atoms with E-state index in [0.29, 0.717) is 12.5 Å². The predicted octanol–water partition coefficient (Wildman–Crippen LogP) is 4.24. The molecule has 0 bridgehead atoms. The molecule has 2 rings (SSSR count). The summed E-state index contributed by atoms with van der Waals surface area (Å²) in [5.74, 6) is 0.467. The van der Waals surface area contributed by atoms with Crippen molar-refractivity contribution in [2.45, 2.75) is 45.6 Å². The van der Waals surface area contributed by atoms with Gasteiger partial charge < -0.3 is 9.64 Å². The van der Waals surface area contributed by atoms with Gasteiger partial charge in [0, 0.05) is 6.54 Å². The van der Waals surface area contributed by atoms with Crippen LogP contribution in [0.3, 0.4) is 0 Å². The molecule has 0 saturated carbocycles. The Morgan fingerprint density at radius 1 is 1.24 bits per heavy atom. The van der Waals surface area contributed by atoms with Crippen molar-refractivity contribution in [3.8, 4) is 0 Å². The number of nitrogens with zero attached hydrogens (tertiary/aromatic N) is 1. The molecule has 21 heavy (non-hydrogen) atoms. The van der Waals surface area contributed by atoms with Gasteiger partial charge in [0.05, 0.1) is 13.2 Å². The summed E-state index contributed by atoms with van der Waals surface area (Å²) in [5, 5.41) is 0. The first kappa shape index (κ1) is 16.4. The zero-order chi connectivity index (χ0) is 14.9. The molecule has 1 aliphatic heterocycles. The van der Waals surface area contributed by atoms with E-state index < -0.39 is 0 Å². The zero-order valence-electron chi connectivity index (χ0n) is 13.2. The van der Waals surface area contributed by atoms with E-state index in [4.69, 9.17) is 4.74 Å². The molecule has 0 N–H and O–H groups in total. The van der Waals surface area contributed by atoms with Crippen LogP contribution in [0.1, 0.15) is 44.6 Å². The summed E-state index contributed by atoms with van der Waals surface area (Å²) in [4.78, 5) is 2.59. The van der Waals surface area contributed by atoms with Crippen LogP contribution in [0.5, 0.6) is 0 Å². The average molecular weight is 293 g/mol. The lowest BCUT2D eigenvalue weighted by atomic mass is 9.98. The van der Waals surface area contributed by atoms with E-state index in [1.807, 2.05) is 0 Å². The molecule has 3 heteroatoms. The van der Waals surface area contributed by atoms with E-state index in [0.717, 1.165) is 12.2 Å². The number of rotatable bonds is 8. The van der Waals surface area contributed by atoms with Gasteiger partial charge in [0.25, 0.3) is 0 Å². The minimum Gasteiger partial charge on any atom is -0.376 e. The molecular weight excluding hydrogens is 265 g/mol. The van der Waals surface area contributed by atoms with Crippen LogP contribution in [0.4, 0.5) is 4.39 Å². The molecular formula is C18H28FNO. The number of likely N-dealkylation sites (tertiary alicyclic amines) is 1. The van der Waals surface area contributed by atoms with Gasteiger partial charge in [-0.05, 0) is 56.0 Å². The Hall–Kier alpha value is -0.930. The van der Waals surface area contributed by atoms with Gasteiger partial charge in [-0.25, -0.2) is 4.39 Å². The molecule has 2 nitrogen and oxygen atoms in total. The van der Waals surface area contributed by atoms with Crippen LogP contribution in [-0.4, -0.2) is 31.1 Å². The maximum Gasteiger partial charge on any atom is 0.123 e. The van der Waals surface area contributed by atoms with Crippen molar-refractivity contribution < 1.29 is 9.13 Å². The van der Waals surface area contributed by atoms with Crippen molar-refractivity contribution in [1.29, 1.82) is 0 Å². The standard InChI is InChI=1S/C18H28FNO/c1-2-3-4-11-20-12-5-6-17(13-20)15-21-14-16-7-9-18(19)10-8-16/h7-10,17H,2-6,11-15H2,1H3. The van der Waals surface area contributed by atoms with Gasteiger partial charge in [0.15, 0.2) is 0 Å². The first-order chi connectivity index (χ1) is 10.3. The van der Waals surface area contributed by atoms with Crippen LogP contribution in [0, 0.1) is 11.7 Å². The van der Waals surface area contributed by atoms with Gasteiger partial charge in [-0.2, -0.15) is 0 Å². The number of ether oxygens (including phenoxy) is 1. The summed E-state index contributed by atoms with van der Waals surface area (Å²) < 4.78 is 18.6. The Bertz CT molecular complexity index is 393. The number of unbranched alkanes of at least 4 members (excludes halogenated alkanes) is 2. The highest BCUT2D eigenvalue weighted by atomic mass is 19.1. The molecule has 0 spiro atoms. The Morgan fingerprint density at radius 3 is 2.81 bits per heavy atom. The molecule has 1 aromatic rings. The van der Waals surface area contributed by atoms with Gasteiger partial charge in [-0.3, -0.25) is 0 Å². The number of benzene rings is 1. The van der Waals surface area contributed by atoms with E-state index in [-0.39, 0.29) is 5.82 Å². The van der Waals surface area contributed by atoms with E-state index in [1.165, 1.54) is 63.9 Å². The molecule has 0 aromatic heterocycles. The SMILES string of the molecule is CCCCCN1CCCC(COCc2ccc(F)cc2)C1. The second-order valence-corrected chi connectivity index (χ2v) is 6.16. The van der Waals surface area contributed by atoms with E-state index in [1.54, 1.807) is 12.1 Å². The molecule has 1 aliphatic rings. The fourth-order valence-corrected chi connectivity index (χ4v) is 3.00. The van der Waals surface area contributed by atoms with E-state index in [9.17, 15) is 4.39 Å². The van der Waals surface area contributed by atoms with Crippen molar-refractivity contribution in [3.63, 3.8) is 0 Å². The number of halogens is 1.